The lowest BCUT2D eigenvalue weighted by molar-refractivity contribution is 0.669. The Morgan fingerprint density at radius 2 is 0.812 bits per heavy atom. The Bertz CT molecular complexity index is 3780. The third-order valence-electron chi connectivity index (χ3n) is 14.2. The van der Waals surface area contributed by atoms with Crippen LogP contribution in [0.3, 0.4) is 0 Å². The van der Waals surface area contributed by atoms with Crippen LogP contribution in [0.5, 0.6) is 0 Å². The molecule has 0 radical (unpaired) electrons. The van der Waals surface area contributed by atoms with Crippen molar-refractivity contribution in [1.82, 2.24) is 0 Å². The van der Waals surface area contributed by atoms with Gasteiger partial charge in [0.1, 0.15) is 11.2 Å². The van der Waals surface area contributed by atoms with Crippen LogP contribution in [-0.2, 0) is 5.41 Å². The third kappa shape index (κ3) is 6.64. The molecule has 1 aromatic heterocycles. The first-order valence-corrected chi connectivity index (χ1v) is 23.7. The molecular weight excluding hydrogens is 835 g/mol. The molecule has 1 heterocycles. The summed E-state index contributed by atoms with van der Waals surface area (Å²) < 4.78 is 6.33. The van der Waals surface area contributed by atoms with Gasteiger partial charge in [-0.3, -0.25) is 0 Å². The van der Waals surface area contributed by atoms with Gasteiger partial charge in [-0.25, -0.2) is 0 Å². The van der Waals surface area contributed by atoms with E-state index in [9.17, 15) is 0 Å². The highest BCUT2D eigenvalue weighted by Crippen LogP contribution is 2.59. The topological polar surface area (TPSA) is 16.4 Å². The minimum atomic E-state index is -0.511. The Labute approximate surface area is 402 Å². The van der Waals surface area contributed by atoms with E-state index >= 15 is 0 Å². The maximum atomic E-state index is 6.33. The Morgan fingerprint density at radius 1 is 0.304 bits per heavy atom. The van der Waals surface area contributed by atoms with E-state index in [-0.39, 0.29) is 0 Å². The van der Waals surface area contributed by atoms with Crippen LogP contribution in [0.1, 0.15) is 22.3 Å². The number of para-hydroxylation sites is 2. The fourth-order valence-corrected chi connectivity index (χ4v) is 11.2. The van der Waals surface area contributed by atoms with E-state index in [1.54, 1.807) is 0 Å². The zero-order chi connectivity index (χ0) is 45.7. The molecule has 2 nitrogen and oxygen atoms in total. The average molecular weight is 880 g/mol. The molecule has 13 rings (SSSR count). The molecule has 0 aliphatic heterocycles. The first-order valence-electron chi connectivity index (χ1n) is 23.7. The molecule has 0 unspecified atom stereocenters. The van der Waals surface area contributed by atoms with E-state index in [0.717, 1.165) is 66.8 Å². The quantitative estimate of drug-likeness (QED) is 0.144. The molecule has 0 fully saturated rings. The largest absolute Gasteiger partial charge is 0.456 e. The molecule has 2 heteroatoms. The summed E-state index contributed by atoms with van der Waals surface area (Å²) in [5.41, 5.74) is 21.4. The lowest BCUT2D eigenvalue weighted by Crippen LogP contribution is -2.28. The van der Waals surface area contributed by atoms with Gasteiger partial charge in [-0.15, -0.1) is 0 Å². The molecule has 11 aromatic carbocycles. The molecule has 0 amide bonds. The Balaban J connectivity index is 1.00. The van der Waals surface area contributed by atoms with E-state index in [2.05, 4.69) is 266 Å². The molecule has 0 saturated heterocycles. The number of nitrogens with zero attached hydrogens (tertiary/aromatic N) is 1. The lowest BCUT2D eigenvalue weighted by Gasteiger charge is -2.34. The SMILES string of the molecule is c1ccc(-c2ccc(-c3cccc(N(c4ccc(-c5cccc6oc7ccccc7c56)cc4)c4ccccc4-c4cccc5c4-c4ccccc4C5(c4ccccc4)c4ccccc4)c3)cc2)cc1. The standard InChI is InChI=1S/C67H45NO/c1-4-19-46(20-5-1)47-37-39-48(40-38-47)50-21-16-26-54(45-50)68(53-43-41-49(42-44-53)55-30-18-36-64-66(55)59-29-12-15-35-63(59)69-64)62-34-14-11-27-56(62)57-31-17-33-61-65(57)58-28-10-13-32-60(58)67(61,51-22-6-2-7-23-51)52-24-8-3-9-25-52/h1-45H. The van der Waals surface area contributed by atoms with Crippen molar-refractivity contribution in [1.29, 1.82) is 0 Å². The molecule has 0 N–H and O–H groups in total. The molecule has 0 atom stereocenters. The Hall–Kier alpha value is -8.98. The monoisotopic (exact) mass is 879 g/mol. The van der Waals surface area contributed by atoms with Crippen LogP contribution in [0.15, 0.2) is 277 Å². The van der Waals surface area contributed by atoms with E-state index in [1.165, 1.54) is 50.1 Å². The number of rotatable bonds is 9. The third-order valence-corrected chi connectivity index (χ3v) is 14.2. The Kier molecular flexibility index (Phi) is 9.77. The molecule has 0 saturated carbocycles. The predicted octanol–water partition coefficient (Wildman–Crippen LogP) is 18.1. The summed E-state index contributed by atoms with van der Waals surface area (Å²) in [6, 6.07) is 99.3. The number of fused-ring (bicyclic) bond motifs is 6. The van der Waals surface area contributed by atoms with Crippen LogP contribution in [0.25, 0.3) is 77.6 Å². The molecule has 1 aliphatic rings. The fourth-order valence-electron chi connectivity index (χ4n) is 11.2. The molecular formula is C67H45NO. The smallest absolute Gasteiger partial charge is 0.136 e. The maximum Gasteiger partial charge on any atom is 0.136 e. The van der Waals surface area contributed by atoms with Crippen LogP contribution in [0.4, 0.5) is 17.1 Å². The number of furan rings is 1. The first kappa shape index (κ1) is 40.3. The number of benzene rings is 11. The van der Waals surface area contributed by atoms with Gasteiger partial charge in [0.2, 0.25) is 0 Å². The molecule has 0 spiro atoms. The summed E-state index contributed by atoms with van der Waals surface area (Å²) in [7, 11) is 0. The zero-order valence-electron chi connectivity index (χ0n) is 37.8. The highest BCUT2D eigenvalue weighted by atomic mass is 16.3. The summed E-state index contributed by atoms with van der Waals surface area (Å²) in [4.78, 5) is 2.44. The average Bonchev–Trinajstić information content (AvgIpc) is 3.97. The van der Waals surface area contributed by atoms with Crippen molar-refractivity contribution < 1.29 is 4.42 Å². The van der Waals surface area contributed by atoms with Crippen LogP contribution >= 0.6 is 0 Å². The van der Waals surface area contributed by atoms with Gasteiger partial charge in [-0.05, 0) is 115 Å². The highest BCUT2D eigenvalue weighted by molar-refractivity contribution is 6.12. The van der Waals surface area contributed by atoms with Gasteiger partial charge in [0, 0.05) is 27.7 Å². The van der Waals surface area contributed by atoms with Gasteiger partial charge < -0.3 is 9.32 Å². The minimum absolute atomic E-state index is 0.511. The van der Waals surface area contributed by atoms with E-state index < -0.39 is 5.41 Å². The predicted molar refractivity (Wildman–Crippen MR) is 287 cm³/mol. The van der Waals surface area contributed by atoms with Gasteiger partial charge in [0.15, 0.2) is 0 Å². The van der Waals surface area contributed by atoms with Gasteiger partial charge >= 0.3 is 0 Å². The van der Waals surface area contributed by atoms with E-state index in [1.807, 2.05) is 12.1 Å². The van der Waals surface area contributed by atoms with Gasteiger partial charge in [-0.2, -0.15) is 0 Å². The van der Waals surface area contributed by atoms with Crippen molar-refractivity contribution in [3.8, 4) is 55.6 Å². The molecule has 1 aliphatic carbocycles. The lowest BCUT2D eigenvalue weighted by atomic mass is 9.67. The zero-order valence-corrected chi connectivity index (χ0v) is 37.8. The van der Waals surface area contributed by atoms with Crippen LogP contribution in [0, 0.1) is 0 Å². The van der Waals surface area contributed by atoms with Gasteiger partial charge in [0.25, 0.3) is 0 Å². The molecule has 0 bridgehead atoms. The van der Waals surface area contributed by atoms with Crippen LogP contribution < -0.4 is 4.90 Å². The second kappa shape index (κ2) is 16.7. The van der Waals surface area contributed by atoms with Crippen molar-refractivity contribution in [2.24, 2.45) is 0 Å². The summed E-state index contributed by atoms with van der Waals surface area (Å²) in [6.07, 6.45) is 0. The normalized spacial score (nSPS) is 12.5. The van der Waals surface area contributed by atoms with E-state index in [0.29, 0.717) is 0 Å². The second-order valence-corrected chi connectivity index (χ2v) is 17.9. The second-order valence-electron chi connectivity index (χ2n) is 17.9. The summed E-state index contributed by atoms with van der Waals surface area (Å²) in [5.74, 6) is 0. The maximum absolute atomic E-state index is 6.33. The van der Waals surface area contributed by atoms with Crippen molar-refractivity contribution in [2.75, 3.05) is 4.90 Å². The van der Waals surface area contributed by atoms with Crippen molar-refractivity contribution in [3.05, 3.63) is 295 Å². The summed E-state index contributed by atoms with van der Waals surface area (Å²) >= 11 is 0. The fraction of sp³-hybridized carbons (Fsp3) is 0.0149. The molecule has 69 heavy (non-hydrogen) atoms. The minimum Gasteiger partial charge on any atom is -0.456 e. The van der Waals surface area contributed by atoms with Crippen molar-refractivity contribution in [3.63, 3.8) is 0 Å². The Morgan fingerprint density at radius 3 is 1.57 bits per heavy atom. The molecule has 324 valence electrons. The van der Waals surface area contributed by atoms with Crippen LogP contribution in [0.2, 0.25) is 0 Å². The van der Waals surface area contributed by atoms with Gasteiger partial charge in [0.05, 0.1) is 11.1 Å². The number of hydrogen-bond donors (Lipinski definition) is 0. The van der Waals surface area contributed by atoms with Crippen molar-refractivity contribution >= 4 is 39.0 Å². The summed E-state index contributed by atoms with van der Waals surface area (Å²) in [6.45, 7) is 0. The van der Waals surface area contributed by atoms with Crippen molar-refractivity contribution in [2.45, 2.75) is 5.41 Å². The summed E-state index contributed by atoms with van der Waals surface area (Å²) in [5, 5.41) is 2.26. The van der Waals surface area contributed by atoms with E-state index in [4.69, 9.17) is 4.42 Å². The van der Waals surface area contributed by atoms with Gasteiger partial charge in [-0.1, -0.05) is 231 Å². The number of anilines is 3. The molecule has 12 aromatic rings. The van der Waals surface area contributed by atoms with Crippen LogP contribution in [-0.4, -0.2) is 0 Å². The highest BCUT2D eigenvalue weighted by Gasteiger charge is 2.47. The number of hydrogen-bond acceptors (Lipinski definition) is 2. The first-order chi connectivity index (χ1) is 34.2.